The average molecular weight is 473 g/mol. The van der Waals surface area contributed by atoms with Crippen LogP contribution in [0.2, 0.25) is 0 Å². The normalized spacial score (nSPS) is 11.5. The lowest BCUT2D eigenvalue weighted by Crippen LogP contribution is -2.42. The van der Waals surface area contributed by atoms with Gasteiger partial charge in [-0.25, -0.2) is 9.59 Å². The largest absolute Gasteiger partial charge is 0.494 e. The smallest absolute Gasteiger partial charge is 0.333 e. The molecule has 2 rings (SSSR count). The molecule has 1 unspecified atom stereocenters. The number of nitrogens with zero attached hydrogens (tertiary/aromatic N) is 1. The molecule has 0 saturated heterocycles. The summed E-state index contributed by atoms with van der Waals surface area (Å²) in [5, 5.41) is 12.1. The first-order valence-electron chi connectivity index (χ1n) is 11.8. The lowest BCUT2D eigenvalue weighted by Gasteiger charge is -2.23. The van der Waals surface area contributed by atoms with Gasteiger partial charge in [0.05, 0.1) is 13.2 Å². The number of amides is 2. The topological polar surface area (TPSA) is 97.3 Å². The van der Waals surface area contributed by atoms with Gasteiger partial charge in [-0.2, -0.15) is 0 Å². The monoisotopic (exact) mass is 472 g/mol. The Morgan fingerprint density at radius 3 is 2.24 bits per heavy atom. The standard InChI is InChI=1S/C26H36N2O6/c1-3-27-26(31)28(16-8-9-18-33-22-10-6-5-7-11-22)17-19-34-23-14-12-21(13-15-23)20-24(25(29)30)32-4-2/h5-7,10-15,24H,3-4,8-9,16-20H2,1-2H3,(H,27,31)(H,29,30). The predicted octanol–water partition coefficient (Wildman–Crippen LogP) is 3.99. The molecule has 0 fully saturated rings. The minimum Gasteiger partial charge on any atom is -0.494 e. The molecule has 0 aromatic heterocycles. The van der Waals surface area contributed by atoms with Crippen molar-refractivity contribution in [2.45, 2.75) is 39.2 Å². The number of unbranched alkanes of at least 4 members (excludes halogenated alkanes) is 1. The number of carboxylic acid groups (broad SMARTS) is 1. The molecular weight excluding hydrogens is 436 g/mol. The molecule has 8 heteroatoms. The van der Waals surface area contributed by atoms with E-state index in [1.54, 1.807) is 24.0 Å². The Morgan fingerprint density at radius 1 is 0.912 bits per heavy atom. The van der Waals surface area contributed by atoms with Crippen LogP contribution in [0.1, 0.15) is 32.3 Å². The molecule has 0 bridgehead atoms. The Balaban J connectivity index is 1.76. The van der Waals surface area contributed by atoms with Crippen molar-refractivity contribution in [1.29, 1.82) is 0 Å². The summed E-state index contributed by atoms with van der Waals surface area (Å²) in [5.74, 6) is 0.539. The Morgan fingerprint density at radius 2 is 1.59 bits per heavy atom. The van der Waals surface area contributed by atoms with Gasteiger partial charge in [-0.1, -0.05) is 30.3 Å². The van der Waals surface area contributed by atoms with Crippen molar-refractivity contribution in [2.75, 3.05) is 39.5 Å². The Kier molecular flexibility index (Phi) is 12.3. The van der Waals surface area contributed by atoms with Crippen LogP contribution < -0.4 is 14.8 Å². The van der Waals surface area contributed by atoms with Crippen LogP contribution >= 0.6 is 0 Å². The van der Waals surface area contributed by atoms with Crippen molar-refractivity contribution in [1.82, 2.24) is 10.2 Å². The zero-order valence-electron chi connectivity index (χ0n) is 20.1. The molecule has 0 heterocycles. The lowest BCUT2D eigenvalue weighted by molar-refractivity contribution is -0.149. The van der Waals surface area contributed by atoms with E-state index in [0.29, 0.717) is 51.6 Å². The third-order valence-electron chi connectivity index (χ3n) is 5.07. The van der Waals surface area contributed by atoms with Crippen molar-refractivity contribution in [2.24, 2.45) is 0 Å². The van der Waals surface area contributed by atoms with E-state index in [-0.39, 0.29) is 6.03 Å². The second kappa shape index (κ2) is 15.6. The molecule has 0 spiro atoms. The molecule has 8 nitrogen and oxygen atoms in total. The maximum absolute atomic E-state index is 12.4. The molecule has 34 heavy (non-hydrogen) atoms. The van der Waals surface area contributed by atoms with Gasteiger partial charge in [0.2, 0.25) is 0 Å². The molecule has 2 amide bonds. The fourth-order valence-electron chi connectivity index (χ4n) is 3.32. The number of para-hydroxylation sites is 1. The first-order chi connectivity index (χ1) is 16.5. The lowest BCUT2D eigenvalue weighted by atomic mass is 10.1. The zero-order valence-corrected chi connectivity index (χ0v) is 20.1. The number of ether oxygens (including phenoxy) is 3. The summed E-state index contributed by atoms with van der Waals surface area (Å²) in [6.45, 7) is 6.60. The van der Waals surface area contributed by atoms with E-state index >= 15 is 0 Å². The molecule has 2 aromatic rings. The quantitative estimate of drug-likeness (QED) is 0.359. The van der Waals surface area contributed by atoms with E-state index in [9.17, 15) is 14.7 Å². The number of carbonyl (C=O) groups is 2. The fourth-order valence-corrected chi connectivity index (χ4v) is 3.32. The summed E-state index contributed by atoms with van der Waals surface area (Å²) >= 11 is 0. The van der Waals surface area contributed by atoms with Crippen LogP contribution in [0.3, 0.4) is 0 Å². The number of carboxylic acids is 1. The van der Waals surface area contributed by atoms with Crippen molar-refractivity contribution in [3.8, 4) is 11.5 Å². The highest BCUT2D eigenvalue weighted by Crippen LogP contribution is 2.15. The second-order valence-electron chi connectivity index (χ2n) is 7.67. The molecule has 0 saturated carbocycles. The SMILES string of the molecule is CCNC(=O)N(CCCCOc1ccccc1)CCOc1ccc(CC(OCC)C(=O)O)cc1. The molecule has 0 aliphatic carbocycles. The van der Waals surface area contributed by atoms with Crippen LogP contribution in [0.15, 0.2) is 54.6 Å². The average Bonchev–Trinajstić information content (AvgIpc) is 2.84. The van der Waals surface area contributed by atoms with Gasteiger partial charge >= 0.3 is 12.0 Å². The third-order valence-corrected chi connectivity index (χ3v) is 5.07. The molecule has 1 atom stereocenters. The van der Waals surface area contributed by atoms with E-state index in [1.165, 1.54) is 0 Å². The van der Waals surface area contributed by atoms with Crippen LogP contribution in [-0.2, 0) is 16.0 Å². The van der Waals surface area contributed by atoms with Gasteiger partial charge in [-0.15, -0.1) is 0 Å². The van der Waals surface area contributed by atoms with Gasteiger partial charge in [0, 0.05) is 26.1 Å². The highest BCUT2D eigenvalue weighted by molar-refractivity contribution is 5.74. The summed E-state index contributed by atoms with van der Waals surface area (Å²) < 4.78 is 16.8. The van der Waals surface area contributed by atoms with Crippen molar-refractivity contribution < 1.29 is 28.9 Å². The molecule has 0 aliphatic heterocycles. The summed E-state index contributed by atoms with van der Waals surface area (Å²) in [7, 11) is 0. The van der Waals surface area contributed by atoms with Gasteiger partial charge in [0.1, 0.15) is 18.1 Å². The van der Waals surface area contributed by atoms with Crippen LogP contribution in [0, 0.1) is 0 Å². The van der Waals surface area contributed by atoms with Gasteiger partial charge in [-0.05, 0) is 56.5 Å². The summed E-state index contributed by atoms with van der Waals surface area (Å²) in [6, 6.07) is 16.8. The van der Waals surface area contributed by atoms with E-state index in [1.807, 2.05) is 49.4 Å². The third kappa shape index (κ3) is 10.1. The van der Waals surface area contributed by atoms with Crippen LogP contribution in [0.25, 0.3) is 0 Å². The molecular formula is C26H36N2O6. The maximum atomic E-state index is 12.4. The summed E-state index contributed by atoms with van der Waals surface area (Å²) in [4.78, 5) is 25.4. The van der Waals surface area contributed by atoms with Crippen molar-refractivity contribution >= 4 is 12.0 Å². The molecule has 0 radical (unpaired) electrons. The van der Waals surface area contributed by atoms with E-state index in [4.69, 9.17) is 14.2 Å². The number of nitrogens with one attached hydrogen (secondary N) is 1. The minimum atomic E-state index is -0.973. The summed E-state index contributed by atoms with van der Waals surface area (Å²) in [5.41, 5.74) is 0.856. The zero-order chi connectivity index (χ0) is 24.6. The molecule has 2 aromatic carbocycles. The molecule has 186 valence electrons. The number of rotatable bonds is 16. The highest BCUT2D eigenvalue weighted by Gasteiger charge is 2.18. The molecule has 0 aliphatic rings. The number of benzene rings is 2. The van der Waals surface area contributed by atoms with Gasteiger partial charge in [0.15, 0.2) is 6.10 Å². The summed E-state index contributed by atoms with van der Waals surface area (Å²) in [6.07, 6.45) is 1.10. The van der Waals surface area contributed by atoms with Gasteiger partial charge in [-0.3, -0.25) is 0 Å². The Labute approximate surface area is 201 Å². The second-order valence-corrected chi connectivity index (χ2v) is 7.67. The molecule has 2 N–H and O–H groups in total. The van der Waals surface area contributed by atoms with Crippen molar-refractivity contribution in [3.63, 3.8) is 0 Å². The van der Waals surface area contributed by atoms with Gasteiger partial charge in [0.25, 0.3) is 0 Å². The van der Waals surface area contributed by atoms with Crippen LogP contribution in [0.5, 0.6) is 11.5 Å². The highest BCUT2D eigenvalue weighted by atomic mass is 16.5. The number of urea groups is 1. The predicted molar refractivity (Wildman–Crippen MR) is 131 cm³/mol. The van der Waals surface area contributed by atoms with E-state index < -0.39 is 12.1 Å². The fraction of sp³-hybridized carbons (Fsp3) is 0.462. The first-order valence-corrected chi connectivity index (χ1v) is 11.8. The van der Waals surface area contributed by atoms with Crippen molar-refractivity contribution in [3.05, 3.63) is 60.2 Å². The maximum Gasteiger partial charge on any atom is 0.333 e. The van der Waals surface area contributed by atoms with Gasteiger partial charge < -0.3 is 29.5 Å². The number of hydrogen-bond acceptors (Lipinski definition) is 5. The Hall–Kier alpha value is -3.26. The van der Waals surface area contributed by atoms with Crippen LogP contribution in [-0.4, -0.2) is 67.6 Å². The first kappa shape index (κ1) is 27.0. The van der Waals surface area contributed by atoms with Crippen LogP contribution in [0.4, 0.5) is 4.79 Å². The number of aliphatic carboxylic acids is 1. The Bertz CT molecular complexity index is 844. The minimum absolute atomic E-state index is 0.110. The van der Waals surface area contributed by atoms with E-state index in [0.717, 1.165) is 24.2 Å². The van der Waals surface area contributed by atoms with E-state index in [2.05, 4.69) is 5.32 Å². The number of hydrogen-bond donors (Lipinski definition) is 2. The number of carbonyl (C=O) groups excluding carboxylic acids is 1.